The number of hydrogen-bond donors (Lipinski definition) is 2. The number of hydrogen-bond acceptors (Lipinski definition) is 3. The number of carbonyl (C=O) groups excluding carboxylic acids is 1. The van der Waals surface area contributed by atoms with Gasteiger partial charge in [0.25, 0.3) is 5.91 Å². The van der Waals surface area contributed by atoms with Crippen LogP contribution in [-0.4, -0.2) is 22.6 Å². The lowest BCUT2D eigenvalue weighted by Gasteiger charge is -2.32. The second-order valence-corrected chi connectivity index (χ2v) is 9.39. The number of rotatable bonds is 4. The molecule has 0 spiro atoms. The van der Waals surface area contributed by atoms with Gasteiger partial charge in [-0.15, -0.1) is 0 Å². The van der Waals surface area contributed by atoms with Crippen LogP contribution in [0.5, 0.6) is 5.75 Å². The molecule has 2 N–H and O–H groups in total. The molecule has 1 heterocycles. The second kappa shape index (κ2) is 8.68. The Morgan fingerprint density at radius 1 is 1.03 bits per heavy atom. The molecule has 3 aromatic rings. The Morgan fingerprint density at radius 2 is 1.65 bits per heavy atom. The molecule has 0 saturated carbocycles. The maximum atomic E-state index is 14.0. The Labute approximate surface area is 203 Å². The van der Waals surface area contributed by atoms with Crippen LogP contribution in [0.2, 0.25) is 0 Å². The third-order valence-corrected chi connectivity index (χ3v) is 5.92. The fourth-order valence-corrected chi connectivity index (χ4v) is 4.31. The third-order valence-electron chi connectivity index (χ3n) is 5.33. The minimum atomic E-state index is -1.73. The molecule has 34 heavy (non-hydrogen) atoms. The highest BCUT2D eigenvalue weighted by Gasteiger charge is 2.30. The monoisotopic (exact) mass is 527 g/mol. The highest BCUT2D eigenvalue weighted by molar-refractivity contribution is 9.10. The summed E-state index contributed by atoms with van der Waals surface area (Å²) >= 11 is 3.48. The molecule has 0 aromatic heterocycles. The number of fused-ring (bicyclic) bond motifs is 1. The second-order valence-electron chi connectivity index (χ2n) is 8.54. The number of anilines is 1. The van der Waals surface area contributed by atoms with Gasteiger partial charge in [0.1, 0.15) is 28.5 Å². The van der Waals surface area contributed by atoms with E-state index in [4.69, 9.17) is 9.84 Å². The molecule has 0 aliphatic carbocycles. The van der Waals surface area contributed by atoms with E-state index in [2.05, 4.69) is 21.2 Å². The summed E-state index contributed by atoms with van der Waals surface area (Å²) in [6.45, 7) is 5.86. The number of carboxylic acid groups (broad SMARTS) is 1. The van der Waals surface area contributed by atoms with Gasteiger partial charge in [0.2, 0.25) is 0 Å². The fraction of sp³-hybridized carbons (Fsp3) is 0.154. The number of aryl methyl sites for hydroxylation is 1. The molecule has 8 heteroatoms. The van der Waals surface area contributed by atoms with E-state index < -0.39 is 34.7 Å². The number of carboxylic acids is 1. The van der Waals surface area contributed by atoms with Crippen LogP contribution in [0.25, 0.3) is 5.57 Å². The van der Waals surface area contributed by atoms with Crippen molar-refractivity contribution < 1.29 is 28.2 Å². The van der Waals surface area contributed by atoms with Crippen LogP contribution in [0.4, 0.5) is 14.5 Å². The van der Waals surface area contributed by atoms with E-state index in [-0.39, 0.29) is 11.3 Å². The van der Waals surface area contributed by atoms with Gasteiger partial charge >= 0.3 is 5.97 Å². The SMILES string of the molecule is Cc1ccc(C2=CC(C)(C)Oc3c(Br)cc(C(=O)Nc4cc(F)c(C(=O)O)c(F)c4)cc32)cc1. The molecule has 5 nitrogen and oxygen atoms in total. The third kappa shape index (κ3) is 4.59. The number of amides is 1. The lowest BCUT2D eigenvalue weighted by atomic mass is 9.88. The lowest BCUT2D eigenvalue weighted by Crippen LogP contribution is -2.29. The van der Waals surface area contributed by atoms with Gasteiger partial charge in [-0.1, -0.05) is 29.8 Å². The van der Waals surface area contributed by atoms with E-state index in [1.54, 1.807) is 12.1 Å². The Hall–Kier alpha value is -3.52. The summed E-state index contributed by atoms with van der Waals surface area (Å²) in [5.74, 6) is -4.35. The Kier molecular flexibility index (Phi) is 6.03. The van der Waals surface area contributed by atoms with E-state index in [0.29, 0.717) is 15.8 Å². The smallest absolute Gasteiger partial charge is 0.341 e. The first kappa shape index (κ1) is 23.6. The van der Waals surface area contributed by atoms with Crippen LogP contribution in [0.15, 0.2) is 59.1 Å². The van der Waals surface area contributed by atoms with E-state index in [1.165, 1.54) is 0 Å². The Bertz CT molecular complexity index is 1340. The highest BCUT2D eigenvalue weighted by atomic mass is 79.9. The van der Waals surface area contributed by atoms with Crippen molar-refractivity contribution >= 4 is 39.1 Å². The topological polar surface area (TPSA) is 75.6 Å². The molecular weight excluding hydrogens is 508 g/mol. The summed E-state index contributed by atoms with van der Waals surface area (Å²) in [6, 6.07) is 12.7. The van der Waals surface area contributed by atoms with Crippen molar-refractivity contribution in [3.05, 3.63) is 98.5 Å². The lowest BCUT2D eigenvalue weighted by molar-refractivity contribution is 0.0686. The Balaban J connectivity index is 1.74. The summed E-state index contributed by atoms with van der Waals surface area (Å²) in [4.78, 5) is 23.9. The molecule has 1 aliphatic rings. The first-order chi connectivity index (χ1) is 15.9. The quantitative estimate of drug-likeness (QED) is 0.401. The molecule has 0 fully saturated rings. The average molecular weight is 528 g/mol. The van der Waals surface area contributed by atoms with Gasteiger partial charge < -0.3 is 15.2 Å². The molecule has 174 valence electrons. The van der Waals surface area contributed by atoms with Crippen LogP contribution in [-0.2, 0) is 0 Å². The number of nitrogens with one attached hydrogen (secondary N) is 1. The predicted molar refractivity (Wildman–Crippen MR) is 128 cm³/mol. The molecule has 1 amide bonds. The van der Waals surface area contributed by atoms with Gasteiger partial charge in [0.15, 0.2) is 0 Å². The van der Waals surface area contributed by atoms with Gasteiger partial charge in [0.05, 0.1) is 4.47 Å². The maximum Gasteiger partial charge on any atom is 0.341 e. The first-order valence-electron chi connectivity index (χ1n) is 10.3. The van der Waals surface area contributed by atoms with E-state index in [9.17, 15) is 18.4 Å². The molecule has 3 aromatic carbocycles. The van der Waals surface area contributed by atoms with Crippen LogP contribution < -0.4 is 10.1 Å². The summed E-state index contributed by atoms with van der Waals surface area (Å²) in [6.07, 6.45) is 1.98. The number of ether oxygens (including phenoxy) is 1. The van der Waals surface area contributed by atoms with E-state index in [0.717, 1.165) is 28.8 Å². The molecule has 4 rings (SSSR count). The summed E-state index contributed by atoms with van der Waals surface area (Å²) < 4.78 is 34.8. The normalized spacial score (nSPS) is 14.0. The summed E-state index contributed by atoms with van der Waals surface area (Å²) in [5.41, 5.74) is 1.95. The van der Waals surface area contributed by atoms with Crippen molar-refractivity contribution in [1.29, 1.82) is 0 Å². The molecular formula is C26H20BrF2NO4. The summed E-state index contributed by atoms with van der Waals surface area (Å²) in [5, 5.41) is 11.3. The van der Waals surface area contributed by atoms with Gasteiger partial charge in [-0.3, -0.25) is 4.79 Å². The number of carbonyl (C=O) groups is 2. The molecule has 0 radical (unpaired) electrons. The predicted octanol–water partition coefficient (Wildman–Crippen LogP) is 6.59. The minimum Gasteiger partial charge on any atom is -0.482 e. The molecule has 0 unspecified atom stereocenters. The van der Waals surface area contributed by atoms with Crippen LogP contribution >= 0.6 is 15.9 Å². The largest absolute Gasteiger partial charge is 0.482 e. The standard InChI is InChI=1S/C26H20BrF2NO4/c1-13-4-6-14(7-5-13)18-12-26(2,3)34-23-17(18)8-15(9-19(23)27)24(31)30-16-10-20(28)22(25(32)33)21(29)11-16/h4-12H,1-3H3,(H,30,31)(H,32,33). The number of halogens is 3. The van der Waals surface area contributed by atoms with Crippen molar-refractivity contribution in [2.75, 3.05) is 5.32 Å². The van der Waals surface area contributed by atoms with Crippen molar-refractivity contribution in [2.45, 2.75) is 26.4 Å². The zero-order chi connectivity index (χ0) is 24.8. The van der Waals surface area contributed by atoms with Gasteiger partial charge in [-0.05, 0) is 78.2 Å². The van der Waals surface area contributed by atoms with Crippen LogP contribution in [0.1, 0.15) is 51.3 Å². The first-order valence-corrected chi connectivity index (χ1v) is 11.1. The van der Waals surface area contributed by atoms with Crippen LogP contribution in [0, 0.1) is 18.6 Å². The van der Waals surface area contributed by atoms with Crippen molar-refractivity contribution in [3.8, 4) is 5.75 Å². The fourth-order valence-electron chi connectivity index (χ4n) is 3.77. The molecule has 1 aliphatic heterocycles. The average Bonchev–Trinajstić information content (AvgIpc) is 2.73. The van der Waals surface area contributed by atoms with Crippen LogP contribution in [0.3, 0.4) is 0 Å². The highest BCUT2D eigenvalue weighted by Crippen LogP contribution is 2.44. The zero-order valence-corrected chi connectivity index (χ0v) is 20.1. The van der Waals surface area contributed by atoms with Crippen molar-refractivity contribution in [3.63, 3.8) is 0 Å². The van der Waals surface area contributed by atoms with E-state index >= 15 is 0 Å². The zero-order valence-electron chi connectivity index (χ0n) is 18.5. The Morgan fingerprint density at radius 3 is 2.24 bits per heavy atom. The van der Waals surface area contributed by atoms with Gasteiger partial charge in [0, 0.05) is 16.8 Å². The molecule has 0 atom stereocenters. The van der Waals surface area contributed by atoms with Crippen molar-refractivity contribution in [2.24, 2.45) is 0 Å². The van der Waals surface area contributed by atoms with Gasteiger partial charge in [-0.25, -0.2) is 13.6 Å². The minimum absolute atomic E-state index is 0.203. The van der Waals surface area contributed by atoms with E-state index in [1.807, 2.05) is 51.1 Å². The summed E-state index contributed by atoms with van der Waals surface area (Å²) in [7, 11) is 0. The molecule has 0 bridgehead atoms. The molecule has 0 saturated heterocycles. The maximum absolute atomic E-state index is 14.0. The number of benzene rings is 3. The van der Waals surface area contributed by atoms with Gasteiger partial charge in [-0.2, -0.15) is 0 Å². The van der Waals surface area contributed by atoms with Crippen molar-refractivity contribution in [1.82, 2.24) is 0 Å². The number of aromatic carboxylic acids is 1.